The van der Waals surface area contributed by atoms with Gasteiger partial charge < -0.3 is 9.84 Å². The molecule has 0 aliphatic carbocycles. The SMILES string of the molecule is C/C(=N\NC(=O)COc1cccc2cccnc12)c1ccc(O)cc1. The minimum absolute atomic E-state index is 0.165. The number of hydrogen-bond acceptors (Lipinski definition) is 5. The van der Waals surface area contributed by atoms with Gasteiger partial charge in [-0.1, -0.05) is 18.2 Å². The number of fused-ring (bicyclic) bond motifs is 1. The molecule has 3 rings (SSSR count). The van der Waals surface area contributed by atoms with E-state index in [0.717, 1.165) is 10.9 Å². The summed E-state index contributed by atoms with van der Waals surface area (Å²) in [6, 6.07) is 15.9. The van der Waals surface area contributed by atoms with Gasteiger partial charge in [0.15, 0.2) is 6.61 Å². The van der Waals surface area contributed by atoms with Gasteiger partial charge in [0, 0.05) is 11.6 Å². The van der Waals surface area contributed by atoms with Gasteiger partial charge in [0.05, 0.1) is 5.71 Å². The number of hydrazone groups is 1. The molecule has 0 bridgehead atoms. The lowest BCUT2D eigenvalue weighted by atomic mass is 10.1. The van der Waals surface area contributed by atoms with Crippen LogP contribution in [0.4, 0.5) is 0 Å². The quantitative estimate of drug-likeness (QED) is 0.555. The second-order valence-corrected chi connectivity index (χ2v) is 5.40. The number of phenolic OH excluding ortho intramolecular Hbond substituents is 1. The summed E-state index contributed by atoms with van der Waals surface area (Å²) in [7, 11) is 0. The summed E-state index contributed by atoms with van der Waals surface area (Å²) in [5.74, 6) is 0.358. The maximum Gasteiger partial charge on any atom is 0.277 e. The molecule has 0 unspecified atom stereocenters. The zero-order valence-electron chi connectivity index (χ0n) is 13.6. The predicted octanol–water partition coefficient (Wildman–Crippen LogP) is 2.86. The first-order valence-electron chi connectivity index (χ1n) is 7.72. The maximum atomic E-state index is 11.9. The Bertz CT molecular complexity index is 915. The van der Waals surface area contributed by atoms with Crippen LogP contribution in [-0.2, 0) is 4.79 Å². The number of pyridine rings is 1. The van der Waals surface area contributed by atoms with Crippen LogP contribution < -0.4 is 10.2 Å². The minimum Gasteiger partial charge on any atom is -0.508 e. The zero-order chi connectivity index (χ0) is 17.6. The van der Waals surface area contributed by atoms with E-state index in [1.54, 1.807) is 43.5 Å². The number of aromatic hydroxyl groups is 1. The van der Waals surface area contributed by atoms with Crippen molar-refractivity contribution < 1.29 is 14.6 Å². The molecule has 2 aromatic carbocycles. The third-order valence-electron chi connectivity index (χ3n) is 3.59. The Morgan fingerprint density at radius 3 is 2.72 bits per heavy atom. The van der Waals surface area contributed by atoms with Gasteiger partial charge in [-0.25, -0.2) is 5.43 Å². The van der Waals surface area contributed by atoms with E-state index in [9.17, 15) is 9.90 Å². The lowest BCUT2D eigenvalue weighted by Crippen LogP contribution is -2.25. The number of ether oxygens (including phenoxy) is 1. The maximum absolute atomic E-state index is 11.9. The molecule has 126 valence electrons. The molecule has 1 heterocycles. The second kappa shape index (κ2) is 7.44. The van der Waals surface area contributed by atoms with Crippen molar-refractivity contribution in [2.75, 3.05) is 6.61 Å². The highest BCUT2D eigenvalue weighted by Gasteiger charge is 2.06. The number of rotatable bonds is 5. The highest BCUT2D eigenvalue weighted by molar-refractivity contribution is 5.99. The lowest BCUT2D eigenvalue weighted by molar-refractivity contribution is -0.123. The van der Waals surface area contributed by atoms with Gasteiger partial charge >= 0.3 is 0 Å². The first-order valence-corrected chi connectivity index (χ1v) is 7.72. The highest BCUT2D eigenvalue weighted by Crippen LogP contribution is 2.22. The molecule has 0 saturated heterocycles. The molecule has 0 aliphatic rings. The van der Waals surface area contributed by atoms with E-state index in [2.05, 4.69) is 15.5 Å². The lowest BCUT2D eigenvalue weighted by Gasteiger charge is -2.08. The Balaban J connectivity index is 1.61. The number of nitrogens with one attached hydrogen (secondary N) is 1. The van der Waals surface area contributed by atoms with Crippen LogP contribution in [0.2, 0.25) is 0 Å². The number of carbonyl (C=O) groups is 1. The number of hydrogen-bond donors (Lipinski definition) is 2. The third-order valence-corrected chi connectivity index (χ3v) is 3.59. The van der Waals surface area contributed by atoms with Gasteiger partial charge in [0.2, 0.25) is 0 Å². The van der Waals surface area contributed by atoms with Crippen molar-refractivity contribution in [1.29, 1.82) is 0 Å². The monoisotopic (exact) mass is 335 g/mol. The van der Waals surface area contributed by atoms with Gasteiger partial charge in [-0.15, -0.1) is 0 Å². The molecule has 2 N–H and O–H groups in total. The topological polar surface area (TPSA) is 83.8 Å². The second-order valence-electron chi connectivity index (χ2n) is 5.40. The van der Waals surface area contributed by atoms with Gasteiger partial charge in [-0.2, -0.15) is 5.10 Å². The summed E-state index contributed by atoms with van der Waals surface area (Å²) in [4.78, 5) is 16.2. The third kappa shape index (κ3) is 4.11. The Hall–Kier alpha value is -3.41. The molecule has 1 amide bonds. The molecule has 0 spiro atoms. The summed E-state index contributed by atoms with van der Waals surface area (Å²) in [5, 5.41) is 14.3. The summed E-state index contributed by atoms with van der Waals surface area (Å²) in [5.41, 5.74) is 4.59. The number of amides is 1. The van der Waals surface area contributed by atoms with Gasteiger partial charge in [0.25, 0.3) is 5.91 Å². The smallest absolute Gasteiger partial charge is 0.277 e. The van der Waals surface area contributed by atoms with Gasteiger partial charge in [-0.05, 0) is 48.9 Å². The fourth-order valence-corrected chi connectivity index (χ4v) is 2.28. The molecular weight excluding hydrogens is 318 g/mol. The molecule has 25 heavy (non-hydrogen) atoms. The van der Waals surface area contributed by atoms with Gasteiger partial charge in [-0.3, -0.25) is 9.78 Å². The summed E-state index contributed by atoms with van der Waals surface area (Å²) < 4.78 is 5.56. The Morgan fingerprint density at radius 2 is 1.92 bits per heavy atom. The van der Waals surface area contributed by atoms with Crippen molar-refractivity contribution in [2.24, 2.45) is 5.10 Å². The van der Waals surface area contributed by atoms with Crippen LogP contribution in [0, 0.1) is 0 Å². The van der Waals surface area contributed by atoms with Crippen molar-refractivity contribution >= 4 is 22.5 Å². The highest BCUT2D eigenvalue weighted by atomic mass is 16.5. The van der Waals surface area contributed by atoms with Crippen molar-refractivity contribution in [3.63, 3.8) is 0 Å². The standard InChI is InChI=1S/C19H17N3O3/c1-13(14-7-9-16(23)10-8-14)21-22-18(24)12-25-17-6-2-4-15-5-3-11-20-19(15)17/h2-11,23H,12H2,1H3,(H,22,24)/b21-13+. The fourth-order valence-electron chi connectivity index (χ4n) is 2.28. The van der Waals surface area contributed by atoms with E-state index in [1.807, 2.05) is 24.3 Å². The summed E-state index contributed by atoms with van der Waals surface area (Å²) in [6.07, 6.45) is 1.68. The summed E-state index contributed by atoms with van der Waals surface area (Å²) in [6.45, 7) is 1.60. The number of aromatic nitrogens is 1. The van der Waals surface area contributed by atoms with Crippen LogP contribution in [0.3, 0.4) is 0 Å². The van der Waals surface area contributed by atoms with Crippen molar-refractivity contribution in [2.45, 2.75) is 6.92 Å². The molecular formula is C19H17N3O3. The number of para-hydroxylation sites is 1. The number of carbonyl (C=O) groups excluding carboxylic acids is 1. The predicted molar refractivity (Wildman–Crippen MR) is 95.7 cm³/mol. The molecule has 3 aromatic rings. The van der Waals surface area contributed by atoms with Crippen LogP contribution in [-0.4, -0.2) is 28.3 Å². The Kier molecular flexibility index (Phi) is 4.89. The molecule has 0 saturated carbocycles. The van der Waals surface area contributed by atoms with Gasteiger partial charge in [0.1, 0.15) is 17.0 Å². The average molecular weight is 335 g/mol. The molecule has 0 fully saturated rings. The Morgan fingerprint density at radius 1 is 1.16 bits per heavy atom. The van der Waals surface area contributed by atoms with Crippen molar-refractivity contribution in [3.05, 3.63) is 66.4 Å². The minimum atomic E-state index is -0.369. The normalized spacial score (nSPS) is 11.3. The summed E-state index contributed by atoms with van der Waals surface area (Å²) >= 11 is 0. The van der Waals surface area contributed by atoms with Crippen LogP contribution in [0.1, 0.15) is 12.5 Å². The molecule has 0 atom stereocenters. The van der Waals surface area contributed by atoms with Crippen LogP contribution in [0.15, 0.2) is 65.9 Å². The van der Waals surface area contributed by atoms with E-state index < -0.39 is 0 Å². The number of phenols is 1. The van der Waals surface area contributed by atoms with E-state index in [0.29, 0.717) is 17.0 Å². The largest absolute Gasteiger partial charge is 0.508 e. The first kappa shape index (κ1) is 16.4. The Labute approximate surface area is 144 Å². The van der Waals surface area contributed by atoms with E-state index in [4.69, 9.17) is 4.74 Å². The van der Waals surface area contributed by atoms with Crippen LogP contribution in [0.25, 0.3) is 10.9 Å². The molecule has 0 radical (unpaired) electrons. The van der Waals surface area contributed by atoms with Crippen LogP contribution >= 0.6 is 0 Å². The molecule has 0 aliphatic heterocycles. The molecule has 6 heteroatoms. The van der Waals surface area contributed by atoms with Crippen molar-refractivity contribution in [1.82, 2.24) is 10.4 Å². The molecule has 1 aromatic heterocycles. The van der Waals surface area contributed by atoms with E-state index in [-0.39, 0.29) is 18.3 Å². The van der Waals surface area contributed by atoms with E-state index in [1.165, 1.54) is 0 Å². The average Bonchev–Trinajstić information content (AvgIpc) is 2.65. The number of nitrogens with zero attached hydrogens (tertiary/aromatic N) is 2. The van der Waals surface area contributed by atoms with Crippen molar-refractivity contribution in [3.8, 4) is 11.5 Å². The van der Waals surface area contributed by atoms with E-state index >= 15 is 0 Å². The fraction of sp³-hybridized carbons (Fsp3) is 0.105. The molecule has 6 nitrogen and oxygen atoms in total. The zero-order valence-corrected chi connectivity index (χ0v) is 13.6. The van der Waals surface area contributed by atoms with Crippen LogP contribution in [0.5, 0.6) is 11.5 Å². The first-order chi connectivity index (χ1) is 12.1. The number of benzene rings is 2.